The molecule has 1 aliphatic rings. The highest BCUT2D eigenvalue weighted by molar-refractivity contribution is 7.90. The highest BCUT2D eigenvalue weighted by Crippen LogP contribution is 2.38. The number of carboxylic acids is 1. The monoisotopic (exact) mass is 553 g/mol. The molecular formula is C31H36FNO5S. The Morgan fingerprint density at radius 1 is 1.08 bits per heavy atom. The van der Waals surface area contributed by atoms with E-state index in [-0.39, 0.29) is 30.5 Å². The van der Waals surface area contributed by atoms with Crippen LogP contribution >= 0.6 is 0 Å². The van der Waals surface area contributed by atoms with Crippen LogP contribution in [0.25, 0.3) is 11.1 Å². The van der Waals surface area contributed by atoms with E-state index in [1.54, 1.807) is 6.07 Å². The lowest BCUT2D eigenvalue weighted by atomic mass is 9.87. The fraction of sp³-hybridized carbons (Fsp3) is 0.387. The summed E-state index contributed by atoms with van der Waals surface area (Å²) in [5.74, 6) is -0.478. The molecule has 208 valence electrons. The van der Waals surface area contributed by atoms with Crippen LogP contribution in [0.3, 0.4) is 0 Å². The second kappa shape index (κ2) is 11.8. The van der Waals surface area contributed by atoms with Crippen LogP contribution in [-0.4, -0.2) is 38.1 Å². The molecule has 1 aliphatic heterocycles. The Balaban J connectivity index is 1.54. The van der Waals surface area contributed by atoms with Gasteiger partial charge in [-0.1, -0.05) is 18.2 Å². The van der Waals surface area contributed by atoms with Crippen LogP contribution in [0.5, 0.6) is 5.75 Å². The van der Waals surface area contributed by atoms with Gasteiger partial charge >= 0.3 is 5.97 Å². The molecule has 0 spiro atoms. The molecule has 0 fully saturated rings. The van der Waals surface area contributed by atoms with E-state index in [1.165, 1.54) is 12.3 Å². The first-order chi connectivity index (χ1) is 18.4. The van der Waals surface area contributed by atoms with Gasteiger partial charge in [0.25, 0.3) is 0 Å². The van der Waals surface area contributed by atoms with Gasteiger partial charge in [-0.2, -0.15) is 0 Å². The number of hydrogen-bond acceptors (Lipinski definition) is 5. The average Bonchev–Trinajstić information content (AvgIpc) is 2.85. The molecule has 0 radical (unpaired) electrons. The molecule has 0 saturated heterocycles. The Kier molecular flexibility index (Phi) is 8.64. The quantitative estimate of drug-likeness (QED) is 0.284. The van der Waals surface area contributed by atoms with Crippen LogP contribution in [-0.2, 0) is 27.5 Å². The fourth-order valence-electron chi connectivity index (χ4n) is 5.38. The highest BCUT2D eigenvalue weighted by Gasteiger charge is 2.23. The van der Waals surface area contributed by atoms with Crippen molar-refractivity contribution in [1.82, 2.24) is 0 Å². The molecule has 1 atom stereocenters. The van der Waals surface area contributed by atoms with Crippen molar-refractivity contribution < 1.29 is 27.4 Å². The Morgan fingerprint density at radius 3 is 2.46 bits per heavy atom. The normalized spacial score (nSPS) is 14.9. The van der Waals surface area contributed by atoms with Crippen molar-refractivity contribution in [3.8, 4) is 16.9 Å². The predicted octanol–water partition coefficient (Wildman–Crippen LogP) is 6.35. The molecule has 3 aromatic carbocycles. The third-order valence-electron chi connectivity index (χ3n) is 7.29. The van der Waals surface area contributed by atoms with Gasteiger partial charge < -0.3 is 15.2 Å². The van der Waals surface area contributed by atoms with E-state index in [0.29, 0.717) is 18.6 Å². The van der Waals surface area contributed by atoms with Crippen LogP contribution in [0.1, 0.15) is 58.7 Å². The van der Waals surface area contributed by atoms with Crippen LogP contribution in [0, 0.1) is 26.6 Å². The SMILES string of the molecule is Cc1ccc(-c2c(C)cc(OCCCS(C)(=O)=O)cc2C)cc1C1CCc2cc(CCC(=O)O)c(F)cc2N1. The lowest BCUT2D eigenvalue weighted by Crippen LogP contribution is -2.19. The summed E-state index contributed by atoms with van der Waals surface area (Å²) in [5, 5.41) is 12.5. The van der Waals surface area contributed by atoms with Crippen molar-refractivity contribution in [2.75, 3.05) is 23.9 Å². The number of halogens is 1. The van der Waals surface area contributed by atoms with E-state index in [2.05, 4.69) is 30.4 Å². The molecule has 1 heterocycles. The number of nitrogens with one attached hydrogen (secondary N) is 1. The van der Waals surface area contributed by atoms with E-state index >= 15 is 0 Å². The molecule has 39 heavy (non-hydrogen) atoms. The Bertz CT molecular complexity index is 1480. The smallest absolute Gasteiger partial charge is 0.303 e. The maximum atomic E-state index is 14.7. The molecule has 4 rings (SSSR count). The van der Waals surface area contributed by atoms with Crippen molar-refractivity contribution in [1.29, 1.82) is 0 Å². The van der Waals surface area contributed by atoms with E-state index in [1.807, 2.05) is 26.0 Å². The van der Waals surface area contributed by atoms with Gasteiger partial charge in [0.2, 0.25) is 0 Å². The molecule has 0 aromatic heterocycles. The van der Waals surface area contributed by atoms with E-state index in [4.69, 9.17) is 9.84 Å². The third-order valence-corrected chi connectivity index (χ3v) is 8.32. The van der Waals surface area contributed by atoms with Gasteiger partial charge in [-0.15, -0.1) is 0 Å². The molecule has 6 nitrogen and oxygen atoms in total. The second-order valence-corrected chi connectivity index (χ2v) is 12.8. The van der Waals surface area contributed by atoms with Gasteiger partial charge in [0.15, 0.2) is 0 Å². The number of fused-ring (bicyclic) bond motifs is 1. The molecule has 1 unspecified atom stereocenters. The number of benzene rings is 3. The minimum absolute atomic E-state index is 0.0276. The summed E-state index contributed by atoms with van der Waals surface area (Å²) in [7, 11) is -3.00. The van der Waals surface area contributed by atoms with Crippen molar-refractivity contribution >= 4 is 21.5 Å². The highest BCUT2D eigenvalue weighted by atomic mass is 32.2. The summed E-state index contributed by atoms with van der Waals surface area (Å²) in [6, 6.07) is 13.7. The number of aryl methyl sites for hydroxylation is 5. The first-order valence-corrected chi connectivity index (χ1v) is 15.3. The molecule has 2 N–H and O–H groups in total. The molecule has 8 heteroatoms. The standard InChI is InChI=1S/C31H36FNO5S/c1-19-6-7-24(31-20(2)14-25(15-21(31)3)38-12-5-13-39(4,36)37)17-26(19)28-10-8-23-16-22(9-11-30(34)35)27(32)18-29(23)33-28/h6-7,14-18,28,33H,5,8-13H2,1-4H3,(H,34,35). The molecule has 0 saturated carbocycles. The fourth-order valence-corrected chi connectivity index (χ4v) is 6.02. The average molecular weight is 554 g/mol. The van der Waals surface area contributed by atoms with Crippen molar-refractivity contribution in [3.63, 3.8) is 0 Å². The maximum Gasteiger partial charge on any atom is 0.303 e. The van der Waals surface area contributed by atoms with Gasteiger partial charge in [0, 0.05) is 18.4 Å². The molecule has 0 bridgehead atoms. The molecule has 3 aromatic rings. The van der Waals surface area contributed by atoms with Gasteiger partial charge in [-0.05, 0) is 115 Å². The Morgan fingerprint density at radius 2 is 1.79 bits per heavy atom. The number of ether oxygens (including phenoxy) is 1. The molecule has 0 aliphatic carbocycles. The first kappa shape index (κ1) is 28.6. The number of sulfone groups is 1. The summed E-state index contributed by atoms with van der Waals surface area (Å²) in [6.07, 6.45) is 3.40. The number of carbonyl (C=O) groups is 1. The van der Waals surface area contributed by atoms with E-state index in [0.717, 1.165) is 63.2 Å². The van der Waals surface area contributed by atoms with Crippen LogP contribution in [0.15, 0.2) is 42.5 Å². The maximum absolute atomic E-state index is 14.7. The van der Waals surface area contributed by atoms with E-state index in [9.17, 15) is 17.6 Å². The van der Waals surface area contributed by atoms with Crippen molar-refractivity contribution in [2.24, 2.45) is 0 Å². The van der Waals surface area contributed by atoms with Gasteiger partial charge in [-0.3, -0.25) is 4.79 Å². The number of hydrogen-bond donors (Lipinski definition) is 2. The summed E-state index contributed by atoms with van der Waals surface area (Å²) in [5.41, 5.74) is 8.90. The van der Waals surface area contributed by atoms with Crippen molar-refractivity contribution in [2.45, 2.75) is 58.9 Å². The molecule has 0 amide bonds. The second-order valence-electron chi connectivity index (χ2n) is 10.6. The number of rotatable bonds is 10. The topological polar surface area (TPSA) is 92.7 Å². The number of aliphatic carboxylic acids is 1. The van der Waals surface area contributed by atoms with Crippen LogP contribution in [0.4, 0.5) is 10.1 Å². The van der Waals surface area contributed by atoms with Crippen LogP contribution < -0.4 is 10.1 Å². The summed E-state index contributed by atoms with van der Waals surface area (Å²) in [6.45, 7) is 6.52. The Labute approximate surface area is 230 Å². The van der Waals surface area contributed by atoms with Gasteiger partial charge in [-0.25, -0.2) is 12.8 Å². The lowest BCUT2D eigenvalue weighted by molar-refractivity contribution is -0.136. The minimum atomic E-state index is -3.00. The summed E-state index contributed by atoms with van der Waals surface area (Å²) >= 11 is 0. The Hall–Kier alpha value is -3.39. The van der Waals surface area contributed by atoms with E-state index < -0.39 is 15.8 Å². The third kappa shape index (κ3) is 7.18. The predicted molar refractivity (Wildman–Crippen MR) is 153 cm³/mol. The zero-order valence-corrected chi connectivity index (χ0v) is 23.8. The minimum Gasteiger partial charge on any atom is -0.494 e. The zero-order valence-electron chi connectivity index (χ0n) is 22.9. The summed E-state index contributed by atoms with van der Waals surface area (Å²) < 4.78 is 43.3. The lowest BCUT2D eigenvalue weighted by Gasteiger charge is -2.29. The largest absolute Gasteiger partial charge is 0.494 e. The molecular weight excluding hydrogens is 517 g/mol. The summed E-state index contributed by atoms with van der Waals surface area (Å²) in [4.78, 5) is 10.9. The zero-order chi connectivity index (χ0) is 28.3. The van der Waals surface area contributed by atoms with Gasteiger partial charge in [0.1, 0.15) is 21.4 Å². The van der Waals surface area contributed by atoms with Gasteiger partial charge in [0.05, 0.1) is 18.4 Å². The number of anilines is 1. The first-order valence-electron chi connectivity index (χ1n) is 13.2. The van der Waals surface area contributed by atoms with Crippen molar-refractivity contribution in [3.05, 3.63) is 81.7 Å². The van der Waals surface area contributed by atoms with Crippen LogP contribution in [0.2, 0.25) is 0 Å². The number of carboxylic acid groups (broad SMARTS) is 1.